The number of nitrogens with zero attached hydrogens (tertiary/aromatic N) is 4. The zero-order valence-corrected chi connectivity index (χ0v) is 24.4. The molecule has 3 heterocycles. The SMILES string of the molecule is CCOC(=O)NC(=N)c1cc(C)c(CNc2cc(OCc3cn4cc(C5CC5)ccc4n3)nc(CCC(=O)O)n2)c(C)c1. The highest BCUT2D eigenvalue weighted by molar-refractivity contribution is 6.04. The molecule has 3 aromatic heterocycles. The number of fused-ring (bicyclic) bond motifs is 1. The van der Waals surface area contributed by atoms with Crippen molar-refractivity contribution in [2.45, 2.75) is 65.5 Å². The van der Waals surface area contributed by atoms with Crippen LogP contribution in [0, 0.1) is 19.3 Å². The first-order valence-electron chi connectivity index (χ1n) is 14.2. The van der Waals surface area contributed by atoms with E-state index in [-0.39, 0.29) is 31.9 Å². The molecule has 12 heteroatoms. The minimum atomic E-state index is -0.936. The largest absolute Gasteiger partial charge is 0.481 e. The average Bonchev–Trinajstić information content (AvgIpc) is 3.73. The molecule has 4 N–H and O–H groups in total. The quantitative estimate of drug-likeness (QED) is 0.134. The molecule has 0 bridgehead atoms. The molecule has 0 radical (unpaired) electrons. The predicted octanol–water partition coefficient (Wildman–Crippen LogP) is 4.90. The fraction of sp³-hybridized carbons (Fsp3) is 0.355. The van der Waals surface area contributed by atoms with Crippen LogP contribution in [0.15, 0.2) is 42.7 Å². The van der Waals surface area contributed by atoms with Crippen molar-refractivity contribution in [1.29, 1.82) is 5.41 Å². The smallest absolute Gasteiger partial charge is 0.412 e. The van der Waals surface area contributed by atoms with E-state index in [9.17, 15) is 14.7 Å². The molecule has 0 spiro atoms. The van der Waals surface area contributed by atoms with Crippen LogP contribution in [0.1, 0.15) is 71.4 Å². The molecule has 1 aromatic carbocycles. The van der Waals surface area contributed by atoms with Gasteiger partial charge in [-0.2, -0.15) is 4.98 Å². The Morgan fingerprint density at radius 3 is 2.56 bits per heavy atom. The summed E-state index contributed by atoms with van der Waals surface area (Å²) in [6, 6.07) is 9.48. The van der Waals surface area contributed by atoms with E-state index in [1.165, 1.54) is 18.4 Å². The summed E-state index contributed by atoms with van der Waals surface area (Å²) in [6.07, 6.45) is 5.91. The van der Waals surface area contributed by atoms with Crippen LogP contribution in [-0.2, 0) is 29.1 Å². The van der Waals surface area contributed by atoms with Gasteiger partial charge in [-0.3, -0.25) is 15.5 Å². The van der Waals surface area contributed by atoms with Crippen LogP contribution >= 0.6 is 0 Å². The maximum atomic E-state index is 11.7. The van der Waals surface area contributed by atoms with Gasteiger partial charge in [0.2, 0.25) is 5.88 Å². The molecule has 12 nitrogen and oxygen atoms in total. The van der Waals surface area contributed by atoms with Crippen LogP contribution in [0.25, 0.3) is 5.65 Å². The Bertz CT molecular complexity index is 1660. The van der Waals surface area contributed by atoms with Gasteiger partial charge in [-0.05, 0) is 80.0 Å². The van der Waals surface area contributed by atoms with Crippen LogP contribution in [0.5, 0.6) is 5.88 Å². The lowest BCUT2D eigenvalue weighted by Crippen LogP contribution is -2.31. The van der Waals surface area contributed by atoms with E-state index >= 15 is 0 Å². The highest BCUT2D eigenvalue weighted by atomic mass is 16.5. The highest BCUT2D eigenvalue weighted by Gasteiger charge is 2.23. The number of aromatic nitrogens is 4. The Kier molecular flexibility index (Phi) is 8.84. The van der Waals surface area contributed by atoms with Crippen molar-refractivity contribution in [2.75, 3.05) is 11.9 Å². The number of benzene rings is 1. The number of ether oxygens (including phenoxy) is 2. The zero-order chi connectivity index (χ0) is 30.5. The number of carbonyl (C=O) groups is 2. The Balaban J connectivity index is 1.29. The van der Waals surface area contributed by atoms with Gasteiger partial charge in [0, 0.05) is 37.0 Å². The summed E-state index contributed by atoms with van der Waals surface area (Å²) in [6.45, 7) is 6.40. The van der Waals surface area contributed by atoms with Crippen molar-refractivity contribution in [3.63, 3.8) is 0 Å². The van der Waals surface area contributed by atoms with Gasteiger partial charge < -0.3 is 24.3 Å². The summed E-state index contributed by atoms with van der Waals surface area (Å²) >= 11 is 0. The van der Waals surface area contributed by atoms with Crippen molar-refractivity contribution in [3.8, 4) is 5.88 Å². The molecule has 1 saturated carbocycles. The van der Waals surface area contributed by atoms with Gasteiger partial charge >= 0.3 is 12.1 Å². The minimum Gasteiger partial charge on any atom is -0.481 e. The van der Waals surface area contributed by atoms with Crippen LogP contribution in [0.4, 0.5) is 10.6 Å². The summed E-state index contributed by atoms with van der Waals surface area (Å²) in [5.74, 6) is 0.835. The second-order valence-corrected chi connectivity index (χ2v) is 10.6. The molecular weight excluding hydrogens is 550 g/mol. The normalized spacial score (nSPS) is 12.6. The number of carboxylic acids is 1. The third-order valence-electron chi connectivity index (χ3n) is 7.19. The monoisotopic (exact) mass is 585 g/mol. The van der Waals surface area contributed by atoms with E-state index in [2.05, 4.69) is 37.8 Å². The lowest BCUT2D eigenvalue weighted by Gasteiger charge is -2.15. The number of rotatable bonds is 12. The molecule has 43 heavy (non-hydrogen) atoms. The topological polar surface area (TPSA) is 164 Å². The van der Waals surface area contributed by atoms with Gasteiger partial charge in [0.25, 0.3) is 0 Å². The number of carbonyl (C=O) groups excluding carboxylic acids is 1. The second kappa shape index (κ2) is 12.9. The van der Waals surface area contributed by atoms with E-state index < -0.39 is 12.1 Å². The predicted molar refractivity (Wildman–Crippen MR) is 160 cm³/mol. The van der Waals surface area contributed by atoms with Crippen molar-refractivity contribution >= 4 is 29.4 Å². The second-order valence-electron chi connectivity index (χ2n) is 10.6. The number of aliphatic carboxylic acids is 1. The number of imidazole rings is 1. The summed E-state index contributed by atoms with van der Waals surface area (Å²) in [4.78, 5) is 36.5. The number of nitrogens with one attached hydrogen (secondary N) is 3. The summed E-state index contributed by atoms with van der Waals surface area (Å²) < 4.78 is 12.9. The Morgan fingerprint density at radius 2 is 1.86 bits per heavy atom. The number of hydrogen-bond donors (Lipinski definition) is 4. The van der Waals surface area contributed by atoms with Crippen LogP contribution in [-0.4, -0.2) is 49.0 Å². The average molecular weight is 586 g/mol. The number of aryl methyl sites for hydroxylation is 3. The van der Waals surface area contributed by atoms with E-state index in [4.69, 9.17) is 14.9 Å². The fourth-order valence-electron chi connectivity index (χ4n) is 4.84. The number of anilines is 1. The first-order valence-corrected chi connectivity index (χ1v) is 14.2. The molecule has 5 rings (SSSR count). The fourth-order valence-corrected chi connectivity index (χ4v) is 4.84. The number of amidine groups is 1. The Hall–Kier alpha value is -5.00. The summed E-state index contributed by atoms with van der Waals surface area (Å²) in [5.41, 5.74) is 6.32. The van der Waals surface area contributed by atoms with E-state index in [0.29, 0.717) is 35.5 Å². The van der Waals surface area contributed by atoms with Gasteiger partial charge in [-0.1, -0.05) is 6.07 Å². The molecule has 0 saturated heterocycles. The van der Waals surface area contributed by atoms with Crippen LogP contribution in [0.3, 0.4) is 0 Å². The first-order chi connectivity index (χ1) is 20.7. The van der Waals surface area contributed by atoms with Crippen molar-refractivity contribution in [3.05, 3.63) is 82.1 Å². The van der Waals surface area contributed by atoms with Crippen molar-refractivity contribution in [1.82, 2.24) is 24.7 Å². The molecule has 224 valence electrons. The van der Waals surface area contributed by atoms with Gasteiger partial charge in [0.1, 0.15) is 29.7 Å². The number of hydrogen-bond acceptors (Lipinski definition) is 9. The lowest BCUT2D eigenvalue weighted by atomic mass is 9.98. The third kappa shape index (κ3) is 7.64. The molecule has 1 amide bonds. The summed E-state index contributed by atoms with van der Waals surface area (Å²) in [7, 11) is 0. The van der Waals surface area contributed by atoms with Crippen LogP contribution < -0.4 is 15.4 Å². The number of carboxylic acid groups (broad SMARTS) is 1. The zero-order valence-electron chi connectivity index (χ0n) is 24.4. The number of amides is 1. The third-order valence-corrected chi connectivity index (χ3v) is 7.19. The minimum absolute atomic E-state index is 0.0428. The molecule has 1 fully saturated rings. The Morgan fingerprint density at radius 1 is 1.09 bits per heavy atom. The molecule has 1 aliphatic carbocycles. The van der Waals surface area contributed by atoms with Gasteiger partial charge in [0.15, 0.2) is 0 Å². The van der Waals surface area contributed by atoms with Crippen molar-refractivity contribution in [2.24, 2.45) is 0 Å². The lowest BCUT2D eigenvalue weighted by molar-refractivity contribution is -0.137. The van der Waals surface area contributed by atoms with E-state index in [1.807, 2.05) is 42.6 Å². The number of alkyl carbamates (subject to hydrolysis) is 1. The van der Waals surface area contributed by atoms with E-state index in [0.717, 1.165) is 28.0 Å². The van der Waals surface area contributed by atoms with Gasteiger partial charge in [-0.15, -0.1) is 0 Å². The van der Waals surface area contributed by atoms with Gasteiger partial charge in [0.05, 0.1) is 18.7 Å². The van der Waals surface area contributed by atoms with Crippen molar-refractivity contribution < 1.29 is 24.2 Å². The molecular formula is C31H35N7O5. The Labute approximate surface area is 249 Å². The molecule has 0 aliphatic heterocycles. The molecule has 0 unspecified atom stereocenters. The summed E-state index contributed by atoms with van der Waals surface area (Å²) in [5, 5.41) is 23.1. The first kappa shape index (κ1) is 29.5. The standard InChI is InChI=1S/C31H35N7O5/c1-4-42-31(41)37-30(32)22-11-18(2)24(19(3)12-22)14-33-26-13-28(36-25(35-26)8-10-29(39)40)43-17-23-16-38-15-21(20-5-6-20)7-9-27(38)34-23/h7,9,11-13,15-16,20H,4-6,8,10,14,17H2,1-3H3,(H,39,40)(H2,32,37,41)(H,33,35,36). The van der Waals surface area contributed by atoms with Gasteiger partial charge in [-0.25, -0.2) is 14.8 Å². The highest BCUT2D eigenvalue weighted by Crippen LogP contribution is 2.39. The van der Waals surface area contributed by atoms with Crippen LogP contribution in [0.2, 0.25) is 0 Å². The molecule has 0 atom stereocenters. The number of pyridine rings is 1. The van der Waals surface area contributed by atoms with E-state index in [1.54, 1.807) is 13.0 Å². The molecule has 1 aliphatic rings. The molecule has 4 aromatic rings. The maximum Gasteiger partial charge on any atom is 0.412 e. The maximum absolute atomic E-state index is 11.7.